The Morgan fingerprint density at radius 3 is 2.30 bits per heavy atom. The lowest BCUT2D eigenvalue weighted by Gasteiger charge is -2.16. The van der Waals surface area contributed by atoms with Crippen molar-refractivity contribution in [1.29, 1.82) is 0 Å². The molecule has 1 N–H and O–H groups in total. The Bertz CT molecular complexity index is 902. The SMILES string of the molecule is CC(C)Oc1ccccc1NS(=O)(=O)c1ccc(C(=O)N2CCCC2)cc1. The summed E-state index contributed by atoms with van der Waals surface area (Å²) in [6, 6.07) is 12.9. The van der Waals surface area contributed by atoms with Crippen LogP contribution >= 0.6 is 0 Å². The van der Waals surface area contributed by atoms with E-state index in [2.05, 4.69) is 4.72 Å². The van der Waals surface area contributed by atoms with E-state index in [4.69, 9.17) is 4.74 Å². The summed E-state index contributed by atoms with van der Waals surface area (Å²) in [7, 11) is -3.79. The molecule has 27 heavy (non-hydrogen) atoms. The number of rotatable bonds is 6. The Morgan fingerprint density at radius 1 is 1.04 bits per heavy atom. The molecule has 0 spiro atoms. The molecule has 1 aliphatic rings. The van der Waals surface area contributed by atoms with Gasteiger partial charge in [0.2, 0.25) is 0 Å². The van der Waals surface area contributed by atoms with Gasteiger partial charge in [-0.2, -0.15) is 0 Å². The molecule has 2 aromatic rings. The standard InChI is InChI=1S/C20H24N2O4S/c1-15(2)26-19-8-4-3-7-18(19)21-27(24,25)17-11-9-16(10-12-17)20(23)22-13-5-6-14-22/h3-4,7-12,15,21H,5-6,13-14H2,1-2H3. The van der Waals surface area contributed by atoms with Crippen LogP contribution in [0.15, 0.2) is 53.4 Å². The molecule has 6 nitrogen and oxygen atoms in total. The maximum Gasteiger partial charge on any atom is 0.262 e. The molecule has 2 aromatic carbocycles. The summed E-state index contributed by atoms with van der Waals surface area (Å²) < 4.78 is 33.7. The van der Waals surface area contributed by atoms with Crippen molar-refractivity contribution in [2.24, 2.45) is 0 Å². The van der Waals surface area contributed by atoms with Crippen molar-refractivity contribution in [3.63, 3.8) is 0 Å². The fourth-order valence-electron chi connectivity index (χ4n) is 2.99. The molecule has 1 heterocycles. The summed E-state index contributed by atoms with van der Waals surface area (Å²) in [5, 5.41) is 0. The average Bonchev–Trinajstić information content (AvgIpc) is 3.17. The first-order chi connectivity index (χ1) is 12.9. The van der Waals surface area contributed by atoms with E-state index in [0.717, 1.165) is 25.9 Å². The second-order valence-electron chi connectivity index (χ2n) is 6.79. The molecule has 3 rings (SSSR count). The number of para-hydroxylation sites is 2. The van der Waals surface area contributed by atoms with Gasteiger partial charge >= 0.3 is 0 Å². The fourth-order valence-corrected chi connectivity index (χ4v) is 4.06. The topological polar surface area (TPSA) is 75.7 Å². The van der Waals surface area contributed by atoms with Crippen LogP contribution in [0.1, 0.15) is 37.0 Å². The lowest BCUT2D eigenvalue weighted by molar-refractivity contribution is 0.0792. The van der Waals surface area contributed by atoms with Crippen molar-refractivity contribution in [3.8, 4) is 5.75 Å². The van der Waals surface area contributed by atoms with E-state index in [0.29, 0.717) is 17.0 Å². The quantitative estimate of drug-likeness (QED) is 0.822. The highest BCUT2D eigenvalue weighted by Gasteiger charge is 2.21. The van der Waals surface area contributed by atoms with Crippen LogP contribution in [0, 0.1) is 0 Å². The molecule has 0 radical (unpaired) electrons. The predicted octanol–water partition coefficient (Wildman–Crippen LogP) is 3.51. The third-order valence-electron chi connectivity index (χ3n) is 4.30. The zero-order valence-corrected chi connectivity index (χ0v) is 16.3. The maximum atomic E-state index is 12.7. The summed E-state index contributed by atoms with van der Waals surface area (Å²) in [5.41, 5.74) is 0.878. The molecular formula is C20H24N2O4S. The number of carbonyl (C=O) groups excluding carboxylic acids is 1. The summed E-state index contributed by atoms with van der Waals surface area (Å²) in [4.78, 5) is 14.3. The van der Waals surface area contributed by atoms with Crippen LogP contribution < -0.4 is 9.46 Å². The number of amides is 1. The second-order valence-corrected chi connectivity index (χ2v) is 8.47. The lowest BCUT2D eigenvalue weighted by atomic mass is 10.2. The summed E-state index contributed by atoms with van der Waals surface area (Å²) >= 11 is 0. The zero-order valence-electron chi connectivity index (χ0n) is 15.5. The number of hydrogen-bond donors (Lipinski definition) is 1. The second kappa shape index (κ2) is 8.00. The minimum absolute atomic E-state index is 0.0555. The number of benzene rings is 2. The molecule has 1 aliphatic heterocycles. The minimum atomic E-state index is -3.79. The Balaban J connectivity index is 1.78. The molecular weight excluding hydrogens is 364 g/mol. The van der Waals surface area contributed by atoms with Crippen molar-refractivity contribution in [1.82, 2.24) is 4.90 Å². The van der Waals surface area contributed by atoms with E-state index in [1.165, 1.54) is 12.1 Å². The third kappa shape index (κ3) is 4.60. The van der Waals surface area contributed by atoms with Crippen LogP contribution in [0.4, 0.5) is 5.69 Å². The highest BCUT2D eigenvalue weighted by Crippen LogP contribution is 2.27. The number of ether oxygens (including phenoxy) is 1. The molecule has 0 bridgehead atoms. The highest BCUT2D eigenvalue weighted by molar-refractivity contribution is 7.92. The number of carbonyl (C=O) groups is 1. The van der Waals surface area contributed by atoms with Gasteiger partial charge in [-0.15, -0.1) is 0 Å². The first-order valence-corrected chi connectivity index (χ1v) is 10.5. The average molecular weight is 388 g/mol. The molecule has 0 saturated carbocycles. The molecule has 0 unspecified atom stereocenters. The zero-order chi connectivity index (χ0) is 19.4. The van der Waals surface area contributed by atoms with Gasteiger partial charge in [0, 0.05) is 18.7 Å². The van der Waals surface area contributed by atoms with Gasteiger partial charge in [-0.25, -0.2) is 8.42 Å². The minimum Gasteiger partial charge on any atom is -0.489 e. The molecule has 7 heteroatoms. The molecule has 1 fully saturated rings. The summed E-state index contributed by atoms with van der Waals surface area (Å²) in [6.07, 6.45) is 1.95. The smallest absolute Gasteiger partial charge is 0.262 e. The van der Waals surface area contributed by atoms with Crippen LogP contribution in [-0.4, -0.2) is 38.4 Å². The van der Waals surface area contributed by atoms with E-state index in [1.54, 1.807) is 41.3 Å². The van der Waals surface area contributed by atoms with Crippen molar-refractivity contribution < 1.29 is 17.9 Å². The Kier molecular flexibility index (Phi) is 5.70. The molecule has 144 valence electrons. The van der Waals surface area contributed by atoms with E-state index >= 15 is 0 Å². The third-order valence-corrected chi connectivity index (χ3v) is 5.68. The number of anilines is 1. The Labute approximate surface area is 160 Å². The van der Waals surface area contributed by atoms with Crippen molar-refractivity contribution in [2.75, 3.05) is 17.8 Å². The van der Waals surface area contributed by atoms with Crippen molar-refractivity contribution in [3.05, 3.63) is 54.1 Å². The molecule has 0 aromatic heterocycles. The molecule has 1 saturated heterocycles. The van der Waals surface area contributed by atoms with Gasteiger partial charge in [0.25, 0.3) is 15.9 Å². The van der Waals surface area contributed by atoms with Crippen LogP contribution in [0.25, 0.3) is 0 Å². The molecule has 0 atom stereocenters. The van der Waals surface area contributed by atoms with Crippen LogP contribution in [-0.2, 0) is 10.0 Å². The van der Waals surface area contributed by atoms with Crippen LogP contribution in [0.2, 0.25) is 0 Å². The number of hydrogen-bond acceptors (Lipinski definition) is 4. The predicted molar refractivity (Wildman–Crippen MR) is 105 cm³/mol. The highest BCUT2D eigenvalue weighted by atomic mass is 32.2. The molecule has 1 amide bonds. The van der Waals surface area contributed by atoms with Crippen molar-refractivity contribution in [2.45, 2.75) is 37.7 Å². The monoisotopic (exact) mass is 388 g/mol. The van der Waals surface area contributed by atoms with Crippen molar-refractivity contribution >= 4 is 21.6 Å². The van der Waals surface area contributed by atoms with Gasteiger partial charge in [0.15, 0.2) is 0 Å². The van der Waals surface area contributed by atoms with E-state index < -0.39 is 10.0 Å². The van der Waals surface area contributed by atoms with Gasteiger partial charge in [0.05, 0.1) is 16.7 Å². The number of nitrogens with zero attached hydrogens (tertiary/aromatic N) is 1. The first kappa shape index (κ1) is 19.2. The van der Waals surface area contributed by atoms with Gasteiger partial charge < -0.3 is 9.64 Å². The van der Waals surface area contributed by atoms with Gasteiger partial charge in [-0.05, 0) is 63.1 Å². The number of likely N-dealkylation sites (tertiary alicyclic amines) is 1. The van der Waals surface area contributed by atoms with Gasteiger partial charge in [-0.3, -0.25) is 9.52 Å². The summed E-state index contributed by atoms with van der Waals surface area (Å²) in [6.45, 7) is 5.27. The lowest BCUT2D eigenvalue weighted by Crippen LogP contribution is -2.27. The van der Waals surface area contributed by atoms with Crippen LogP contribution in [0.5, 0.6) is 5.75 Å². The normalized spacial score (nSPS) is 14.4. The van der Waals surface area contributed by atoms with E-state index in [-0.39, 0.29) is 16.9 Å². The summed E-state index contributed by atoms with van der Waals surface area (Å²) in [5.74, 6) is 0.414. The van der Waals surface area contributed by atoms with Crippen LogP contribution in [0.3, 0.4) is 0 Å². The molecule has 0 aliphatic carbocycles. The van der Waals surface area contributed by atoms with Gasteiger partial charge in [0.1, 0.15) is 5.75 Å². The Hall–Kier alpha value is -2.54. The number of sulfonamides is 1. The number of nitrogens with one attached hydrogen (secondary N) is 1. The maximum absolute atomic E-state index is 12.7. The largest absolute Gasteiger partial charge is 0.489 e. The Morgan fingerprint density at radius 2 is 1.67 bits per heavy atom. The fraction of sp³-hybridized carbons (Fsp3) is 0.350. The van der Waals surface area contributed by atoms with Gasteiger partial charge in [-0.1, -0.05) is 12.1 Å². The first-order valence-electron chi connectivity index (χ1n) is 9.05. The van der Waals surface area contributed by atoms with E-state index in [1.807, 2.05) is 13.8 Å². The van der Waals surface area contributed by atoms with E-state index in [9.17, 15) is 13.2 Å².